The minimum absolute atomic E-state index is 0.0137. The first-order chi connectivity index (χ1) is 8.99. The fraction of sp³-hybridized carbons (Fsp3) is 0.333. The molecule has 0 saturated heterocycles. The van der Waals surface area contributed by atoms with E-state index in [0.29, 0.717) is 11.7 Å². The van der Waals surface area contributed by atoms with Crippen LogP contribution in [0.3, 0.4) is 0 Å². The predicted octanol–water partition coefficient (Wildman–Crippen LogP) is 1.31. The zero-order valence-electron chi connectivity index (χ0n) is 10.9. The number of aryl methyl sites for hydroxylation is 1. The van der Waals surface area contributed by atoms with Gasteiger partial charge in [-0.25, -0.2) is 4.98 Å². The molecule has 0 aromatic carbocycles. The summed E-state index contributed by atoms with van der Waals surface area (Å²) in [6.07, 6.45) is 1.22. The topological polar surface area (TPSA) is 92.4 Å². The van der Waals surface area contributed by atoms with Crippen LogP contribution in [0.15, 0.2) is 22.9 Å². The van der Waals surface area contributed by atoms with Crippen LogP contribution >= 0.6 is 0 Å². The van der Waals surface area contributed by atoms with Crippen molar-refractivity contribution in [2.24, 2.45) is 0 Å². The first kappa shape index (κ1) is 13.0. The van der Waals surface area contributed by atoms with Gasteiger partial charge in [0, 0.05) is 7.05 Å². The molecule has 0 aliphatic heterocycles. The Labute approximate surface area is 109 Å². The van der Waals surface area contributed by atoms with Gasteiger partial charge in [0.15, 0.2) is 5.82 Å². The second kappa shape index (κ2) is 5.05. The number of nitrogens with zero attached hydrogens (tertiary/aromatic N) is 4. The summed E-state index contributed by atoms with van der Waals surface area (Å²) in [7, 11) is 1.63. The Morgan fingerprint density at radius 3 is 2.74 bits per heavy atom. The zero-order chi connectivity index (χ0) is 14.0. The normalized spacial score (nSPS) is 12.2. The van der Waals surface area contributed by atoms with Crippen molar-refractivity contribution in [1.82, 2.24) is 20.0 Å². The quantitative estimate of drug-likeness (QED) is 0.896. The largest absolute Gasteiger partial charge is 0.506 e. The lowest BCUT2D eigenvalue weighted by Gasteiger charge is -2.21. The molecule has 7 nitrogen and oxygen atoms in total. The van der Waals surface area contributed by atoms with Crippen molar-refractivity contribution in [3.05, 3.63) is 35.7 Å². The van der Waals surface area contributed by atoms with Gasteiger partial charge >= 0.3 is 0 Å². The number of aromatic hydroxyl groups is 1. The van der Waals surface area contributed by atoms with E-state index in [1.54, 1.807) is 20.9 Å². The van der Waals surface area contributed by atoms with E-state index in [9.17, 15) is 4.79 Å². The molecule has 0 saturated carbocycles. The summed E-state index contributed by atoms with van der Waals surface area (Å²) >= 11 is 0. The lowest BCUT2D eigenvalue weighted by molar-refractivity contribution is 0.0710. The van der Waals surface area contributed by atoms with Gasteiger partial charge in [-0.1, -0.05) is 5.16 Å². The Kier molecular flexibility index (Phi) is 3.46. The average Bonchev–Trinajstić information content (AvgIpc) is 2.84. The maximum atomic E-state index is 12.2. The maximum Gasteiger partial charge on any atom is 0.272 e. The van der Waals surface area contributed by atoms with Crippen molar-refractivity contribution >= 4 is 5.91 Å². The van der Waals surface area contributed by atoms with Crippen molar-refractivity contribution in [3.63, 3.8) is 0 Å². The van der Waals surface area contributed by atoms with Gasteiger partial charge < -0.3 is 14.5 Å². The SMILES string of the molecule is Cc1noc(C(C)N(C)C(=O)c2ccc(O)cn2)n1. The predicted molar refractivity (Wildman–Crippen MR) is 65.4 cm³/mol. The van der Waals surface area contributed by atoms with Crippen LogP contribution in [-0.2, 0) is 0 Å². The third-order valence-corrected chi connectivity index (χ3v) is 2.77. The van der Waals surface area contributed by atoms with E-state index in [0.717, 1.165) is 0 Å². The molecule has 0 radical (unpaired) electrons. The average molecular weight is 262 g/mol. The summed E-state index contributed by atoms with van der Waals surface area (Å²) in [5.74, 6) is 0.612. The summed E-state index contributed by atoms with van der Waals surface area (Å²) in [5.41, 5.74) is 0.239. The third kappa shape index (κ3) is 2.70. The maximum absolute atomic E-state index is 12.2. The first-order valence-corrected chi connectivity index (χ1v) is 5.71. The summed E-state index contributed by atoms with van der Waals surface area (Å²) in [4.78, 5) is 21.6. The minimum atomic E-state index is -0.357. The molecule has 1 atom stereocenters. The van der Waals surface area contributed by atoms with Crippen LogP contribution in [0.25, 0.3) is 0 Å². The molecule has 0 aliphatic carbocycles. The highest BCUT2D eigenvalue weighted by Gasteiger charge is 2.23. The van der Waals surface area contributed by atoms with Crippen LogP contribution in [0.1, 0.15) is 35.2 Å². The van der Waals surface area contributed by atoms with Gasteiger partial charge in [0.2, 0.25) is 5.89 Å². The number of hydrogen-bond donors (Lipinski definition) is 1. The second-order valence-corrected chi connectivity index (χ2v) is 4.17. The molecule has 100 valence electrons. The molecule has 19 heavy (non-hydrogen) atoms. The number of carbonyl (C=O) groups excluding carboxylic acids is 1. The Hall–Kier alpha value is -2.44. The summed E-state index contributed by atoms with van der Waals surface area (Å²) < 4.78 is 5.04. The number of pyridine rings is 1. The smallest absolute Gasteiger partial charge is 0.272 e. The lowest BCUT2D eigenvalue weighted by atomic mass is 10.2. The number of aromatic nitrogens is 3. The molecule has 0 aliphatic rings. The van der Waals surface area contributed by atoms with E-state index in [2.05, 4.69) is 15.1 Å². The van der Waals surface area contributed by atoms with E-state index in [1.165, 1.54) is 23.2 Å². The van der Waals surface area contributed by atoms with E-state index in [1.807, 2.05) is 0 Å². The van der Waals surface area contributed by atoms with E-state index >= 15 is 0 Å². The number of hydrogen-bond acceptors (Lipinski definition) is 6. The van der Waals surface area contributed by atoms with Gasteiger partial charge in [-0.3, -0.25) is 4.79 Å². The van der Waals surface area contributed by atoms with Crippen molar-refractivity contribution in [1.29, 1.82) is 0 Å². The number of amides is 1. The fourth-order valence-electron chi connectivity index (χ4n) is 1.52. The molecule has 0 fully saturated rings. The molecule has 2 aromatic heterocycles. The Morgan fingerprint density at radius 1 is 1.47 bits per heavy atom. The van der Waals surface area contributed by atoms with Crippen molar-refractivity contribution < 1.29 is 14.4 Å². The molecule has 1 amide bonds. The van der Waals surface area contributed by atoms with Gasteiger partial charge in [-0.2, -0.15) is 4.98 Å². The highest BCUT2D eigenvalue weighted by Crippen LogP contribution is 2.19. The van der Waals surface area contributed by atoms with E-state index in [4.69, 9.17) is 9.63 Å². The Morgan fingerprint density at radius 2 is 2.21 bits per heavy atom. The van der Waals surface area contributed by atoms with Gasteiger partial charge in [0.05, 0.1) is 6.20 Å². The molecule has 1 N–H and O–H groups in total. The standard InChI is InChI=1S/C12H14N4O3/c1-7(11-14-8(2)15-19-11)16(3)12(18)10-5-4-9(17)6-13-10/h4-7,17H,1-3H3. The van der Waals surface area contributed by atoms with Crippen LogP contribution < -0.4 is 0 Å². The lowest BCUT2D eigenvalue weighted by Crippen LogP contribution is -2.30. The van der Waals surface area contributed by atoms with Gasteiger partial charge in [-0.05, 0) is 26.0 Å². The molecule has 0 bridgehead atoms. The van der Waals surface area contributed by atoms with Crippen LogP contribution in [0.5, 0.6) is 5.75 Å². The molecule has 1 unspecified atom stereocenters. The Bertz CT molecular complexity index is 579. The van der Waals surface area contributed by atoms with Crippen molar-refractivity contribution in [2.75, 3.05) is 7.05 Å². The fourth-order valence-corrected chi connectivity index (χ4v) is 1.52. The van der Waals surface area contributed by atoms with Crippen LogP contribution in [0, 0.1) is 6.92 Å². The van der Waals surface area contributed by atoms with Gasteiger partial charge in [0.25, 0.3) is 5.91 Å². The molecule has 2 heterocycles. The first-order valence-electron chi connectivity index (χ1n) is 5.71. The molecule has 7 heteroatoms. The van der Waals surface area contributed by atoms with Crippen LogP contribution in [0.2, 0.25) is 0 Å². The monoisotopic (exact) mass is 262 g/mol. The van der Waals surface area contributed by atoms with Crippen LogP contribution in [-0.4, -0.2) is 38.1 Å². The molecular weight excluding hydrogens is 248 g/mol. The molecule has 2 rings (SSSR count). The molecular formula is C12H14N4O3. The number of carbonyl (C=O) groups is 1. The minimum Gasteiger partial charge on any atom is -0.506 e. The van der Waals surface area contributed by atoms with E-state index < -0.39 is 0 Å². The van der Waals surface area contributed by atoms with Gasteiger partial charge in [-0.15, -0.1) is 0 Å². The van der Waals surface area contributed by atoms with Crippen LogP contribution in [0.4, 0.5) is 0 Å². The van der Waals surface area contributed by atoms with Crippen molar-refractivity contribution in [2.45, 2.75) is 19.9 Å². The highest BCUT2D eigenvalue weighted by molar-refractivity contribution is 5.92. The Balaban J connectivity index is 2.17. The zero-order valence-corrected chi connectivity index (χ0v) is 10.9. The second-order valence-electron chi connectivity index (χ2n) is 4.17. The number of rotatable bonds is 3. The summed E-state index contributed by atoms with van der Waals surface area (Å²) in [6.45, 7) is 3.49. The van der Waals surface area contributed by atoms with Gasteiger partial charge in [0.1, 0.15) is 17.5 Å². The molecule has 0 spiro atoms. The molecule has 2 aromatic rings. The van der Waals surface area contributed by atoms with E-state index in [-0.39, 0.29) is 23.4 Å². The van der Waals surface area contributed by atoms with Crippen molar-refractivity contribution in [3.8, 4) is 5.75 Å². The summed E-state index contributed by atoms with van der Waals surface area (Å²) in [6, 6.07) is 2.51. The highest BCUT2D eigenvalue weighted by atomic mass is 16.5. The third-order valence-electron chi connectivity index (χ3n) is 2.77. The summed E-state index contributed by atoms with van der Waals surface area (Å²) in [5, 5.41) is 12.8.